The van der Waals surface area contributed by atoms with Crippen molar-refractivity contribution in [2.45, 2.75) is 86.2 Å². The Morgan fingerprint density at radius 3 is 1.13 bits per heavy atom. The van der Waals surface area contributed by atoms with Crippen LogP contribution in [0.3, 0.4) is 0 Å². The van der Waals surface area contributed by atoms with Gasteiger partial charge in [0.15, 0.2) is 0 Å². The largest absolute Gasteiger partial charge is 0.508 e. The summed E-state index contributed by atoms with van der Waals surface area (Å²) in [6, 6.07) is 0. The van der Waals surface area contributed by atoms with Gasteiger partial charge in [-0.05, 0) is 39.5 Å². The molecule has 6 heteroatoms. The molecule has 0 N–H and O–H groups in total. The van der Waals surface area contributed by atoms with Gasteiger partial charge in [-0.3, -0.25) is 0 Å². The Balaban J connectivity index is 4.76. The molecule has 0 aliphatic heterocycles. The average Bonchev–Trinajstić information content (AvgIpc) is 2.34. The fourth-order valence-electron chi connectivity index (χ4n) is 1.83. The first-order chi connectivity index (χ1) is 10.5. The number of hydrogen-bond donors (Lipinski definition) is 0. The monoisotopic (exact) mass is 332 g/mol. The van der Waals surface area contributed by atoms with Crippen LogP contribution >= 0.6 is 0 Å². The Hall–Kier alpha value is -1.46. The summed E-state index contributed by atoms with van der Waals surface area (Å²) < 4.78 is 20.8. The first-order valence-corrected chi connectivity index (χ1v) is 8.27. The second-order valence-corrected chi connectivity index (χ2v) is 6.87. The average molecular weight is 332 g/mol. The molecule has 0 saturated carbocycles. The molecule has 0 heterocycles. The maximum absolute atomic E-state index is 11.7. The Kier molecular flexibility index (Phi) is 9.68. The first kappa shape index (κ1) is 21.5. The molecule has 0 aromatic heterocycles. The fourth-order valence-corrected chi connectivity index (χ4v) is 1.83. The van der Waals surface area contributed by atoms with Gasteiger partial charge >= 0.3 is 12.3 Å². The van der Waals surface area contributed by atoms with Gasteiger partial charge in [-0.2, -0.15) is 0 Å². The minimum Gasteiger partial charge on any atom is -0.432 e. The van der Waals surface area contributed by atoms with Crippen LogP contribution in [0.15, 0.2) is 0 Å². The highest BCUT2D eigenvalue weighted by atomic mass is 16.7. The highest BCUT2D eigenvalue weighted by Crippen LogP contribution is 2.21. The smallest absolute Gasteiger partial charge is 0.432 e. The summed E-state index contributed by atoms with van der Waals surface area (Å²) in [5.74, 6) is 0.140. The van der Waals surface area contributed by atoms with E-state index < -0.39 is 24.5 Å². The lowest BCUT2D eigenvalue weighted by atomic mass is 9.95. The van der Waals surface area contributed by atoms with E-state index in [9.17, 15) is 9.59 Å². The van der Waals surface area contributed by atoms with Crippen molar-refractivity contribution in [3.63, 3.8) is 0 Å². The molecule has 0 radical (unpaired) electrons. The van der Waals surface area contributed by atoms with Gasteiger partial charge in [-0.25, -0.2) is 9.59 Å². The van der Waals surface area contributed by atoms with Gasteiger partial charge in [0.2, 0.25) is 0 Å². The summed E-state index contributed by atoms with van der Waals surface area (Å²) in [6.07, 6.45) is -2.30. The van der Waals surface area contributed by atoms with E-state index in [1.54, 1.807) is 27.7 Å². The Morgan fingerprint density at radius 1 is 0.609 bits per heavy atom. The number of ether oxygens (including phenoxy) is 4. The lowest BCUT2D eigenvalue weighted by Gasteiger charge is -2.28. The molecule has 0 aliphatic carbocycles. The molecule has 23 heavy (non-hydrogen) atoms. The number of rotatable bonds is 8. The number of carbonyl (C=O) groups is 2. The fraction of sp³-hybridized carbons (Fsp3) is 0.882. The van der Waals surface area contributed by atoms with Gasteiger partial charge in [0.1, 0.15) is 12.2 Å². The third-order valence-electron chi connectivity index (χ3n) is 3.11. The maximum atomic E-state index is 11.7. The standard InChI is InChI=1S/C17H32O6/c1-10(2)14(22-16(18)20-12(5)6)9-15(11(3)4)23-17(19)21-13(7)8/h10-15H,9H2,1-8H3. The van der Waals surface area contributed by atoms with Gasteiger partial charge in [-0.1, -0.05) is 27.7 Å². The zero-order chi connectivity index (χ0) is 18.2. The first-order valence-electron chi connectivity index (χ1n) is 8.27. The number of hydrogen-bond acceptors (Lipinski definition) is 6. The summed E-state index contributed by atoms with van der Waals surface area (Å²) in [5, 5.41) is 0. The molecule has 2 unspecified atom stereocenters. The van der Waals surface area contributed by atoms with Crippen LogP contribution in [0, 0.1) is 11.8 Å². The van der Waals surface area contributed by atoms with Crippen LogP contribution in [0.5, 0.6) is 0 Å². The quantitative estimate of drug-likeness (QED) is 0.607. The third kappa shape index (κ3) is 10.0. The minimum absolute atomic E-state index is 0.0701. The molecule has 136 valence electrons. The summed E-state index contributed by atoms with van der Waals surface area (Å²) in [4.78, 5) is 23.4. The van der Waals surface area contributed by atoms with Gasteiger partial charge < -0.3 is 18.9 Å². The van der Waals surface area contributed by atoms with Crippen molar-refractivity contribution in [1.82, 2.24) is 0 Å². The second-order valence-electron chi connectivity index (χ2n) is 6.87. The summed E-state index contributed by atoms with van der Waals surface area (Å²) in [7, 11) is 0. The van der Waals surface area contributed by atoms with E-state index >= 15 is 0 Å². The maximum Gasteiger partial charge on any atom is 0.508 e. The van der Waals surface area contributed by atoms with Gasteiger partial charge in [0, 0.05) is 6.42 Å². The van der Waals surface area contributed by atoms with Crippen molar-refractivity contribution < 1.29 is 28.5 Å². The summed E-state index contributed by atoms with van der Waals surface area (Å²) >= 11 is 0. The zero-order valence-corrected chi connectivity index (χ0v) is 15.6. The normalized spacial score (nSPS) is 14.1. The van der Waals surface area contributed by atoms with E-state index in [2.05, 4.69) is 0 Å². The molecule has 0 amide bonds. The van der Waals surface area contributed by atoms with Gasteiger partial charge in [0.25, 0.3) is 0 Å². The molecule has 6 nitrogen and oxygen atoms in total. The van der Waals surface area contributed by atoms with E-state index in [0.717, 1.165) is 0 Å². The van der Waals surface area contributed by atoms with E-state index in [-0.39, 0.29) is 24.0 Å². The Morgan fingerprint density at radius 2 is 0.913 bits per heavy atom. The van der Waals surface area contributed by atoms with E-state index in [1.165, 1.54) is 0 Å². The molecule has 0 rings (SSSR count). The van der Waals surface area contributed by atoms with E-state index in [1.807, 2.05) is 27.7 Å². The Labute approximate surface area is 139 Å². The van der Waals surface area contributed by atoms with Crippen LogP contribution in [0.25, 0.3) is 0 Å². The molecule has 2 atom stereocenters. The van der Waals surface area contributed by atoms with Crippen molar-refractivity contribution >= 4 is 12.3 Å². The summed E-state index contributed by atoms with van der Waals surface area (Å²) in [5.41, 5.74) is 0. The Bertz CT molecular complexity index is 328. The van der Waals surface area contributed by atoms with Crippen LogP contribution in [-0.2, 0) is 18.9 Å². The molecule has 0 aromatic rings. The molecular weight excluding hydrogens is 300 g/mol. The molecular formula is C17H32O6. The van der Waals surface area contributed by atoms with Crippen molar-refractivity contribution in [3.05, 3.63) is 0 Å². The molecule has 0 spiro atoms. The zero-order valence-electron chi connectivity index (χ0n) is 15.6. The van der Waals surface area contributed by atoms with Crippen LogP contribution < -0.4 is 0 Å². The summed E-state index contributed by atoms with van der Waals surface area (Å²) in [6.45, 7) is 14.8. The van der Waals surface area contributed by atoms with Crippen LogP contribution in [-0.4, -0.2) is 36.7 Å². The van der Waals surface area contributed by atoms with Crippen molar-refractivity contribution in [3.8, 4) is 0 Å². The molecule has 0 bridgehead atoms. The molecule has 0 fully saturated rings. The molecule has 0 saturated heterocycles. The van der Waals surface area contributed by atoms with Crippen LogP contribution in [0.1, 0.15) is 61.8 Å². The second kappa shape index (κ2) is 10.3. The van der Waals surface area contributed by atoms with Crippen molar-refractivity contribution in [2.24, 2.45) is 11.8 Å². The van der Waals surface area contributed by atoms with Crippen molar-refractivity contribution in [1.29, 1.82) is 0 Å². The lowest BCUT2D eigenvalue weighted by molar-refractivity contribution is -0.0482. The lowest BCUT2D eigenvalue weighted by Crippen LogP contribution is -2.34. The third-order valence-corrected chi connectivity index (χ3v) is 3.11. The van der Waals surface area contributed by atoms with Crippen molar-refractivity contribution in [2.75, 3.05) is 0 Å². The van der Waals surface area contributed by atoms with Crippen LogP contribution in [0.2, 0.25) is 0 Å². The highest BCUT2D eigenvalue weighted by molar-refractivity contribution is 5.61. The molecule has 0 aromatic carbocycles. The minimum atomic E-state index is -0.703. The van der Waals surface area contributed by atoms with E-state index in [4.69, 9.17) is 18.9 Å². The van der Waals surface area contributed by atoms with Crippen LogP contribution in [0.4, 0.5) is 9.59 Å². The molecule has 0 aliphatic rings. The predicted molar refractivity (Wildman–Crippen MR) is 87.3 cm³/mol. The van der Waals surface area contributed by atoms with E-state index in [0.29, 0.717) is 6.42 Å². The number of carbonyl (C=O) groups excluding carboxylic acids is 2. The predicted octanol–water partition coefficient (Wildman–Crippen LogP) is 4.55. The van der Waals surface area contributed by atoms with Gasteiger partial charge in [0.05, 0.1) is 12.2 Å². The van der Waals surface area contributed by atoms with Gasteiger partial charge in [-0.15, -0.1) is 0 Å². The highest BCUT2D eigenvalue weighted by Gasteiger charge is 2.29. The SMILES string of the molecule is CC(C)OC(=O)OC(CC(OC(=O)OC(C)C)C(C)C)C(C)C. The topological polar surface area (TPSA) is 71.1 Å².